The first kappa shape index (κ1) is 57.5. The summed E-state index contributed by atoms with van der Waals surface area (Å²) in [5.41, 5.74) is 12.1. The molecule has 388 valence electrons. The molecular weight excluding hydrogens is 878 g/mol. The molecule has 0 fully saturated rings. The van der Waals surface area contributed by atoms with Crippen LogP contribution in [0.15, 0.2) is 78.2 Å². The molecule has 1 aliphatic rings. The van der Waals surface area contributed by atoms with Gasteiger partial charge in [0.1, 0.15) is 12.4 Å². The van der Waals surface area contributed by atoms with E-state index in [-0.39, 0.29) is 36.0 Å². The molecule has 3 heterocycles. The second-order valence-electron chi connectivity index (χ2n) is 19.9. The molecule has 0 radical (unpaired) electrons. The first-order valence-electron chi connectivity index (χ1n) is 27.0. The molecule has 0 amide bonds. The molecule has 4 rings (SSSR count). The SMILES string of the molecule is C=C(CCCC(=C)NCC(=C)NC(C)C(=C)Nc1cc2cc3c(nc2cc1F)-c1cc(C)c(COC(=O)O)c(=O)n1C3)NCCCCCCCCCCCCCCCCCCCCCCCCCCN. The predicted molar refractivity (Wildman–Crippen MR) is 291 cm³/mol. The van der Waals surface area contributed by atoms with Crippen molar-refractivity contribution in [3.05, 3.63) is 106 Å². The fourth-order valence-corrected chi connectivity index (χ4v) is 9.40. The average Bonchev–Trinajstić information content (AvgIpc) is 3.68. The summed E-state index contributed by atoms with van der Waals surface area (Å²) in [7, 11) is 0. The van der Waals surface area contributed by atoms with Crippen molar-refractivity contribution in [1.29, 1.82) is 0 Å². The predicted octanol–water partition coefficient (Wildman–Crippen LogP) is 14.2. The normalized spacial score (nSPS) is 12.1. The molecule has 1 unspecified atom stereocenters. The van der Waals surface area contributed by atoms with Crippen LogP contribution in [0.5, 0.6) is 0 Å². The zero-order valence-electron chi connectivity index (χ0n) is 43.4. The number of allylic oxidation sites excluding steroid dienone is 2. The molecule has 0 spiro atoms. The van der Waals surface area contributed by atoms with Crippen LogP contribution in [0.4, 0.5) is 14.9 Å². The molecule has 11 nitrogen and oxygen atoms in total. The first-order chi connectivity index (χ1) is 33.9. The number of anilines is 1. The minimum absolute atomic E-state index is 0.253. The second kappa shape index (κ2) is 32.7. The lowest BCUT2D eigenvalue weighted by Crippen LogP contribution is -2.33. The van der Waals surface area contributed by atoms with E-state index in [1.807, 2.05) is 13.0 Å². The van der Waals surface area contributed by atoms with E-state index < -0.39 is 12.0 Å². The smallest absolute Gasteiger partial charge is 0.450 e. The molecule has 0 saturated carbocycles. The van der Waals surface area contributed by atoms with Crippen molar-refractivity contribution in [2.24, 2.45) is 5.73 Å². The highest BCUT2D eigenvalue weighted by atomic mass is 19.1. The number of aryl methyl sites for hydroxylation is 1. The molecular formula is C58H90FN7O4. The number of carbonyl (C=O) groups is 1. The summed E-state index contributed by atoms with van der Waals surface area (Å²) in [6, 6.07) is 6.49. The maximum atomic E-state index is 15.5. The summed E-state index contributed by atoms with van der Waals surface area (Å²) in [6.45, 7) is 22.7. The summed E-state index contributed by atoms with van der Waals surface area (Å²) < 4.78 is 21.7. The molecule has 0 aliphatic carbocycles. The van der Waals surface area contributed by atoms with Gasteiger partial charge in [0.25, 0.3) is 5.56 Å². The monoisotopic (exact) mass is 968 g/mol. The summed E-state index contributed by atoms with van der Waals surface area (Å²) in [6.07, 6.45) is 34.4. The Morgan fingerprint density at radius 2 is 1.26 bits per heavy atom. The molecule has 70 heavy (non-hydrogen) atoms. The van der Waals surface area contributed by atoms with Crippen LogP contribution >= 0.6 is 0 Å². The highest BCUT2D eigenvalue weighted by molar-refractivity contribution is 5.87. The number of nitrogens with one attached hydrogen (secondary N) is 4. The number of rotatable bonds is 41. The van der Waals surface area contributed by atoms with Gasteiger partial charge in [0, 0.05) is 46.3 Å². The summed E-state index contributed by atoms with van der Waals surface area (Å²) in [5, 5.41) is 23.0. The molecule has 12 heteroatoms. The third-order valence-corrected chi connectivity index (χ3v) is 13.8. The molecule has 1 atom stereocenters. The number of unbranched alkanes of at least 4 members (excludes halogenated alkanes) is 23. The Morgan fingerprint density at radius 1 is 0.743 bits per heavy atom. The Morgan fingerprint density at radius 3 is 1.79 bits per heavy atom. The number of carboxylic acid groups (broad SMARTS) is 1. The van der Waals surface area contributed by atoms with Gasteiger partial charge in [0.05, 0.1) is 47.3 Å². The van der Waals surface area contributed by atoms with Gasteiger partial charge in [-0.2, -0.15) is 0 Å². The Bertz CT molecular complexity index is 2180. The van der Waals surface area contributed by atoms with Gasteiger partial charge in [0.15, 0.2) is 0 Å². The van der Waals surface area contributed by atoms with E-state index in [0.29, 0.717) is 40.1 Å². The minimum Gasteiger partial charge on any atom is -0.450 e. The van der Waals surface area contributed by atoms with E-state index >= 15 is 4.39 Å². The second-order valence-corrected chi connectivity index (χ2v) is 19.9. The number of nitrogens with two attached hydrogens (primary N) is 1. The van der Waals surface area contributed by atoms with Crippen molar-refractivity contribution in [1.82, 2.24) is 25.5 Å². The maximum absolute atomic E-state index is 15.5. The zero-order valence-corrected chi connectivity index (χ0v) is 43.4. The Balaban J connectivity index is 0.960. The van der Waals surface area contributed by atoms with E-state index in [0.717, 1.165) is 55.0 Å². The van der Waals surface area contributed by atoms with Crippen LogP contribution in [0, 0.1) is 12.7 Å². The minimum atomic E-state index is -1.45. The first-order valence-corrected chi connectivity index (χ1v) is 27.0. The maximum Gasteiger partial charge on any atom is 0.506 e. The number of hydrogen-bond donors (Lipinski definition) is 6. The summed E-state index contributed by atoms with van der Waals surface area (Å²) >= 11 is 0. The average molecular weight is 968 g/mol. The molecule has 0 saturated heterocycles. The fraction of sp³-hybridized carbons (Fsp3) is 0.603. The van der Waals surface area contributed by atoms with Gasteiger partial charge in [-0.1, -0.05) is 168 Å². The topological polar surface area (TPSA) is 156 Å². The van der Waals surface area contributed by atoms with Gasteiger partial charge in [-0.05, 0) is 76.3 Å². The van der Waals surface area contributed by atoms with E-state index in [1.54, 1.807) is 23.6 Å². The number of pyridine rings is 2. The molecule has 1 aromatic carbocycles. The third-order valence-electron chi connectivity index (χ3n) is 13.8. The number of fused-ring (bicyclic) bond motifs is 4. The standard InChI is InChI=1S/C58H90FN7O4/c1-43-36-55-56-50(41-66(55)57(67)51(43)42-70-58(68)69)37-49-38-54(52(59)39-53(49)65-56)64-48(6)47(5)63-46(4)40-62-45(3)33-31-32-44(2)61-35-30-28-26-24-22-20-18-16-14-12-10-8-7-9-11-13-15-17-19-21-23-25-27-29-34-60/h36-39,47,61-64H,2-4,6-35,40-42,60H2,1,5H3,(H,68,69). The van der Waals surface area contributed by atoms with E-state index in [4.69, 9.17) is 15.8 Å². The summed E-state index contributed by atoms with van der Waals surface area (Å²) in [5.74, 6) is -0.490. The van der Waals surface area contributed by atoms with Gasteiger partial charge in [-0.15, -0.1) is 0 Å². The largest absolute Gasteiger partial charge is 0.506 e. The van der Waals surface area contributed by atoms with Gasteiger partial charge >= 0.3 is 6.16 Å². The van der Waals surface area contributed by atoms with Crippen molar-refractivity contribution in [2.75, 3.05) is 25.0 Å². The molecule has 7 N–H and O–H groups in total. The zero-order chi connectivity index (χ0) is 50.5. The van der Waals surface area contributed by atoms with Gasteiger partial charge in [-0.3, -0.25) is 4.79 Å². The van der Waals surface area contributed by atoms with E-state index in [9.17, 15) is 9.59 Å². The van der Waals surface area contributed by atoms with Crippen LogP contribution in [0.1, 0.15) is 197 Å². The molecule has 3 aromatic rings. The van der Waals surface area contributed by atoms with Crippen molar-refractivity contribution >= 4 is 22.7 Å². The highest BCUT2D eigenvalue weighted by Crippen LogP contribution is 2.34. The Kier molecular flexibility index (Phi) is 26.9. The Labute approximate surface area is 420 Å². The quantitative estimate of drug-likeness (QED) is 0.0187. The summed E-state index contributed by atoms with van der Waals surface area (Å²) in [4.78, 5) is 28.9. The van der Waals surface area contributed by atoms with Crippen molar-refractivity contribution in [3.63, 3.8) is 0 Å². The Hall–Kier alpha value is -5.10. The van der Waals surface area contributed by atoms with Crippen molar-refractivity contribution in [2.45, 2.75) is 206 Å². The lowest BCUT2D eigenvalue weighted by molar-refractivity contribution is 0.0848. The van der Waals surface area contributed by atoms with Gasteiger partial charge in [-0.25, -0.2) is 14.2 Å². The van der Waals surface area contributed by atoms with Crippen LogP contribution in [0.2, 0.25) is 0 Å². The molecule has 0 bridgehead atoms. The van der Waals surface area contributed by atoms with Crippen molar-refractivity contribution < 1.29 is 19.0 Å². The highest BCUT2D eigenvalue weighted by Gasteiger charge is 2.25. The van der Waals surface area contributed by atoms with Crippen LogP contribution in [-0.2, 0) is 17.9 Å². The van der Waals surface area contributed by atoms with Crippen LogP contribution in [-0.4, -0.2) is 46.5 Å². The number of hydrogen-bond acceptors (Lipinski definition) is 9. The number of benzene rings is 1. The molecule has 2 aromatic heterocycles. The fourth-order valence-electron chi connectivity index (χ4n) is 9.40. The third kappa shape index (κ3) is 21.1. The van der Waals surface area contributed by atoms with Crippen LogP contribution in [0.25, 0.3) is 22.3 Å². The lowest BCUT2D eigenvalue weighted by atomic mass is 10.0. The van der Waals surface area contributed by atoms with Crippen molar-refractivity contribution in [3.8, 4) is 11.4 Å². The van der Waals surface area contributed by atoms with Crippen LogP contribution < -0.4 is 32.6 Å². The van der Waals surface area contributed by atoms with Gasteiger partial charge < -0.3 is 41.4 Å². The van der Waals surface area contributed by atoms with E-state index in [1.165, 1.54) is 160 Å². The number of ether oxygens (including phenoxy) is 1. The van der Waals surface area contributed by atoms with Crippen LogP contribution in [0.3, 0.4) is 0 Å². The lowest BCUT2D eigenvalue weighted by Gasteiger charge is -2.22. The van der Waals surface area contributed by atoms with Gasteiger partial charge in [0.2, 0.25) is 0 Å². The van der Waals surface area contributed by atoms with E-state index in [2.05, 4.69) is 52.3 Å². The molecule has 1 aliphatic heterocycles. The number of halogens is 1. The number of aromatic nitrogens is 2. The number of nitrogens with zero attached hydrogens (tertiary/aromatic N) is 2.